The van der Waals surface area contributed by atoms with E-state index in [0.29, 0.717) is 5.82 Å². The maximum absolute atomic E-state index is 6.52. The normalized spacial score (nSPS) is 11.5. The summed E-state index contributed by atoms with van der Waals surface area (Å²) in [6, 6.07) is 60.7. The molecule has 0 bridgehead atoms. The number of nitrogens with zero attached hydrogens (tertiary/aromatic N) is 3. The minimum Gasteiger partial charge on any atom is -0.455 e. The summed E-state index contributed by atoms with van der Waals surface area (Å²) in [6.07, 6.45) is 0. The number of para-hydroxylation sites is 2. The summed E-state index contributed by atoms with van der Waals surface area (Å²) in [4.78, 5) is 15.3. The van der Waals surface area contributed by atoms with E-state index in [9.17, 15) is 0 Å². The van der Waals surface area contributed by atoms with Crippen molar-refractivity contribution in [3.8, 4) is 56.3 Å². The Morgan fingerprint density at radius 3 is 1.59 bits per heavy atom. The van der Waals surface area contributed by atoms with Crippen LogP contribution in [0.4, 0.5) is 0 Å². The first-order chi connectivity index (χ1) is 25.3. The Labute approximate surface area is 294 Å². The van der Waals surface area contributed by atoms with Crippen molar-refractivity contribution in [2.75, 3.05) is 0 Å². The third-order valence-corrected chi connectivity index (χ3v) is 9.71. The fraction of sp³-hybridized carbons (Fsp3) is 0. The van der Waals surface area contributed by atoms with Gasteiger partial charge in [0.1, 0.15) is 11.2 Å². The molecule has 0 atom stereocenters. The molecule has 0 aliphatic heterocycles. The topological polar surface area (TPSA) is 51.8 Å². The molecule has 0 amide bonds. The van der Waals surface area contributed by atoms with Crippen molar-refractivity contribution in [2.45, 2.75) is 0 Å². The van der Waals surface area contributed by atoms with Crippen LogP contribution in [0.2, 0.25) is 0 Å². The van der Waals surface area contributed by atoms with Gasteiger partial charge in [-0.3, -0.25) is 0 Å². The number of benzene rings is 7. The van der Waals surface area contributed by atoms with Crippen LogP contribution in [-0.4, -0.2) is 15.0 Å². The third kappa shape index (κ3) is 5.04. The molecule has 0 saturated carbocycles. The summed E-state index contributed by atoms with van der Waals surface area (Å²) >= 11 is 0. The summed E-state index contributed by atoms with van der Waals surface area (Å²) < 4.78 is 6.52. The van der Waals surface area contributed by atoms with Crippen LogP contribution in [0.1, 0.15) is 0 Å². The molecule has 0 fully saturated rings. The number of pyridine rings is 1. The van der Waals surface area contributed by atoms with Gasteiger partial charge in [-0.15, -0.1) is 0 Å². The quantitative estimate of drug-likeness (QED) is 0.174. The van der Waals surface area contributed by atoms with E-state index in [1.54, 1.807) is 0 Å². The Bertz CT molecular complexity index is 2880. The third-order valence-electron chi connectivity index (χ3n) is 9.71. The molecule has 0 saturated heterocycles. The molecule has 3 heterocycles. The molecule has 0 spiro atoms. The molecule has 7 aromatic carbocycles. The summed E-state index contributed by atoms with van der Waals surface area (Å²) in [6.45, 7) is 0. The van der Waals surface area contributed by atoms with Gasteiger partial charge < -0.3 is 4.42 Å². The lowest BCUT2D eigenvalue weighted by Crippen LogP contribution is -1.96. The predicted octanol–water partition coefficient (Wildman–Crippen LogP) is 12.4. The van der Waals surface area contributed by atoms with Crippen molar-refractivity contribution in [2.24, 2.45) is 0 Å². The van der Waals surface area contributed by atoms with Crippen LogP contribution in [0.5, 0.6) is 0 Å². The molecular weight excluding hydrogens is 623 g/mol. The summed E-state index contributed by atoms with van der Waals surface area (Å²) in [5.41, 5.74) is 11.8. The van der Waals surface area contributed by atoms with Gasteiger partial charge in [-0.25, -0.2) is 15.0 Å². The average Bonchev–Trinajstić information content (AvgIpc) is 3.60. The van der Waals surface area contributed by atoms with Gasteiger partial charge in [0.05, 0.1) is 22.6 Å². The largest absolute Gasteiger partial charge is 0.455 e. The maximum atomic E-state index is 6.52. The minimum atomic E-state index is 0.691. The molecule has 3 aromatic heterocycles. The SMILES string of the molecule is c1ccc(-c2ccc(-c3cc(-c4ccc(-c5nc6ccccc6c6c5ccc5c7ccccc7oc56)cc4)nc(-c4ccccc4)n3)cc2)cc1. The molecule has 10 aromatic rings. The van der Waals surface area contributed by atoms with Crippen molar-refractivity contribution < 1.29 is 4.42 Å². The number of hydrogen-bond acceptors (Lipinski definition) is 4. The Morgan fingerprint density at radius 1 is 0.353 bits per heavy atom. The van der Waals surface area contributed by atoms with Crippen LogP contribution in [0, 0.1) is 0 Å². The van der Waals surface area contributed by atoms with E-state index in [2.05, 4.69) is 133 Å². The zero-order chi connectivity index (χ0) is 33.7. The highest BCUT2D eigenvalue weighted by Crippen LogP contribution is 2.41. The van der Waals surface area contributed by atoms with Crippen molar-refractivity contribution >= 4 is 43.6 Å². The second-order valence-electron chi connectivity index (χ2n) is 12.8. The second-order valence-corrected chi connectivity index (χ2v) is 12.8. The molecule has 0 N–H and O–H groups in total. The highest BCUT2D eigenvalue weighted by Gasteiger charge is 2.18. The first-order valence-electron chi connectivity index (χ1n) is 17.1. The number of hydrogen-bond donors (Lipinski definition) is 0. The Balaban J connectivity index is 1.09. The molecule has 0 aliphatic carbocycles. The Kier molecular flexibility index (Phi) is 6.78. The fourth-order valence-corrected chi connectivity index (χ4v) is 7.16. The first-order valence-corrected chi connectivity index (χ1v) is 17.1. The van der Waals surface area contributed by atoms with E-state index in [4.69, 9.17) is 19.4 Å². The molecule has 4 heteroatoms. The van der Waals surface area contributed by atoms with Crippen LogP contribution in [0.25, 0.3) is 99.9 Å². The highest BCUT2D eigenvalue weighted by atomic mass is 16.3. The van der Waals surface area contributed by atoms with Crippen molar-refractivity contribution in [1.82, 2.24) is 15.0 Å². The molecule has 238 valence electrons. The summed E-state index contributed by atoms with van der Waals surface area (Å²) in [5, 5.41) is 5.45. The summed E-state index contributed by atoms with van der Waals surface area (Å²) in [5.74, 6) is 0.691. The molecule has 0 radical (unpaired) electrons. The monoisotopic (exact) mass is 651 g/mol. The van der Waals surface area contributed by atoms with Crippen LogP contribution in [0.15, 0.2) is 180 Å². The van der Waals surface area contributed by atoms with Crippen LogP contribution >= 0.6 is 0 Å². The predicted molar refractivity (Wildman–Crippen MR) is 209 cm³/mol. The van der Waals surface area contributed by atoms with Crippen molar-refractivity contribution in [3.05, 3.63) is 176 Å². The van der Waals surface area contributed by atoms with Crippen molar-refractivity contribution in [1.29, 1.82) is 0 Å². The second kappa shape index (κ2) is 11.9. The lowest BCUT2D eigenvalue weighted by molar-refractivity contribution is 0.673. The Morgan fingerprint density at radius 2 is 0.882 bits per heavy atom. The van der Waals surface area contributed by atoms with Gasteiger partial charge in [-0.1, -0.05) is 152 Å². The minimum absolute atomic E-state index is 0.691. The van der Waals surface area contributed by atoms with E-state index in [-0.39, 0.29) is 0 Å². The van der Waals surface area contributed by atoms with Gasteiger partial charge in [-0.05, 0) is 35.4 Å². The van der Waals surface area contributed by atoms with Gasteiger partial charge in [0.15, 0.2) is 5.82 Å². The van der Waals surface area contributed by atoms with Crippen LogP contribution in [0.3, 0.4) is 0 Å². The number of fused-ring (bicyclic) bond motifs is 7. The van der Waals surface area contributed by atoms with E-state index in [0.717, 1.165) is 82.9 Å². The van der Waals surface area contributed by atoms with Crippen molar-refractivity contribution in [3.63, 3.8) is 0 Å². The Hall–Kier alpha value is -6.91. The van der Waals surface area contributed by atoms with E-state index in [1.807, 2.05) is 42.5 Å². The smallest absolute Gasteiger partial charge is 0.160 e. The number of aromatic nitrogens is 3. The molecule has 51 heavy (non-hydrogen) atoms. The highest BCUT2D eigenvalue weighted by molar-refractivity contribution is 6.24. The lowest BCUT2D eigenvalue weighted by Gasteiger charge is -2.12. The van der Waals surface area contributed by atoms with Gasteiger partial charge in [0, 0.05) is 49.2 Å². The molecule has 0 aliphatic rings. The zero-order valence-corrected chi connectivity index (χ0v) is 27.5. The number of furan rings is 1. The van der Waals surface area contributed by atoms with Gasteiger partial charge in [-0.2, -0.15) is 0 Å². The van der Waals surface area contributed by atoms with Crippen LogP contribution < -0.4 is 0 Å². The first kappa shape index (κ1) is 29.0. The van der Waals surface area contributed by atoms with Gasteiger partial charge in [0.25, 0.3) is 0 Å². The summed E-state index contributed by atoms with van der Waals surface area (Å²) in [7, 11) is 0. The molecule has 4 nitrogen and oxygen atoms in total. The van der Waals surface area contributed by atoms with Gasteiger partial charge in [0.2, 0.25) is 0 Å². The lowest BCUT2D eigenvalue weighted by atomic mass is 9.97. The molecule has 10 rings (SSSR count). The fourth-order valence-electron chi connectivity index (χ4n) is 7.16. The number of rotatable bonds is 5. The van der Waals surface area contributed by atoms with E-state index < -0.39 is 0 Å². The molecular formula is C47H29N3O. The molecule has 0 unspecified atom stereocenters. The maximum Gasteiger partial charge on any atom is 0.160 e. The average molecular weight is 652 g/mol. The standard InChI is InChI=1S/C47H29N3O/c1-3-11-30(12-4-1)31-19-21-32(22-20-31)41-29-42(50-47(49-41)35-13-5-2-6-14-35)33-23-25-34(26-24-33)45-39-28-27-37-36-15-8-10-18-43(36)51-46(37)44(39)38-16-7-9-17-40(38)48-45/h1-29H. The van der Waals surface area contributed by atoms with Gasteiger partial charge >= 0.3 is 0 Å². The van der Waals surface area contributed by atoms with E-state index in [1.165, 1.54) is 11.1 Å². The van der Waals surface area contributed by atoms with E-state index >= 15 is 0 Å². The zero-order valence-electron chi connectivity index (χ0n) is 27.5. The van der Waals surface area contributed by atoms with Crippen LogP contribution in [-0.2, 0) is 0 Å².